The molecule has 0 N–H and O–H groups in total. The first-order valence-corrected chi connectivity index (χ1v) is 7.24. The lowest BCUT2D eigenvalue weighted by atomic mass is 10.2. The Morgan fingerprint density at radius 3 is 2.79 bits per heavy atom. The van der Waals surface area contributed by atoms with E-state index in [1.165, 1.54) is 0 Å². The van der Waals surface area contributed by atoms with Crippen LogP contribution >= 0.6 is 11.8 Å². The number of hydrogen-bond donors (Lipinski definition) is 0. The number of aromatic nitrogens is 2. The van der Waals surface area contributed by atoms with Crippen molar-refractivity contribution in [2.45, 2.75) is 31.9 Å². The summed E-state index contributed by atoms with van der Waals surface area (Å²) in [5.41, 5.74) is 0.712. The summed E-state index contributed by atoms with van der Waals surface area (Å²) in [5.74, 6) is 2.05. The van der Waals surface area contributed by atoms with Crippen molar-refractivity contribution in [3.63, 3.8) is 0 Å². The zero-order valence-corrected chi connectivity index (χ0v) is 12.5. The second-order valence-corrected chi connectivity index (χ2v) is 6.15. The molecule has 0 saturated carbocycles. The van der Waals surface area contributed by atoms with Crippen LogP contribution in [0.3, 0.4) is 0 Å². The Morgan fingerprint density at radius 1 is 1.42 bits per heavy atom. The van der Waals surface area contributed by atoms with E-state index in [2.05, 4.69) is 18.8 Å². The number of methoxy groups -OCH3 is 1. The Labute approximate surface area is 116 Å². The number of ether oxygens (including phenoxy) is 1. The SMILES string of the molecule is COc1ccc2nc(C)n(CSC(C)C)c(=O)c2c1. The van der Waals surface area contributed by atoms with Crippen molar-refractivity contribution in [2.24, 2.45) is 0 Å². The molecule has 4 nitrogen and oxygen atoms in total. The Bertz CT molecular complexity index is 650. The molecule has 2 rings (SSSR count). The maximum absolute atomic E-state index is 12.5. The van der Waals surface area contributed by atoms with E-state index < -0.39 is 0 Å². The van der Waals surface area contributed by atoms with Gasteiger partial charge in [0.2, 0.25) is 0 Å². The first-order valence-electron chi connectivity index (χ1n) is 6.19. The van der Waals surface area contributed by atoms with Crippen LogP contribution in [0.1, 0.15) is 19.7 Å². The zero-order chi connectivity index (χ0) is 14.0. The van der Waals surface area contributed by atoms with Crippen molar-refractivity contribution in [1.82, 2.24) is 9.55 Å². The van der Waals surface area contributed by atoms with Crippen molar-refractivity contribution >= 4 is 22.7 Å². The lowest BCUT2D eigenvalue weighted by molar-refractivity contribution is 0.415. The van der Waals surface area contributed by atoms with Crippen LogP contribution in [0.4, 0.5) is 0 Å². The fraction of sp³-hybridized carbons (Fsp3) is 0.429. The molecule has 0 amide bonds. The molecular weight excluding hydrogens is 260 g/mol. The van der Waals surface area contributed by atoms with Crippen molar-refractivity contribution < 1.29 is 4.74 Å². The number of aryl methyl sites for hydroxylation is 1. The first-order chi connectivity index (χ1) is 9.02. The van der Waals surface area contributed by atoms with Crippen LogP contribution in [0, 0.1) is 6.92 Å². The largest absolute Gasteiger partial charge is 0.497 e. The molecular formula is C14H18N2O2S. The minimum Gasteiger partial charge on any atom is -0.497 e. The summed E-state index contributed by atoms with van der Waals surface area (Å²) in [7, 11) is 1.59. The van der Waals surface area contributed by atoms with Crippen molar-refractivity contribution in [1.29, 1.82) is 0 Å². The van der Waals surface area contributed by atoms with Crippen LogP contribution in [0.5, 0.6) is 5.75 Å². The molecule has 0 aliphatic heterocycles. The summed E-state index contributed by atoms with van der Waals surface area (Å²) in [6.07, 6.45) is 0. The van der Waals surface area contributed by atoms with Gasteiger partial charge in [0.1, 0.15) is 11.6 Å². The van der Waals surface area contributed by atoms with Gasteiger partial charge in [0.05, 0.1) is 23.9 Å². The number of thioether (sulfide) groups is 1. The fourth-order valence-electron chi connectivity index (χ4n) is 1.81. The van der Waals surface area contributed by atoms with E-state index in [-0.39, 0.29) is 5.56 Å². The van der Waals surface area contributed by atoms with E-state index >= 15 is 0 Å². The summed E-state index contributed by atoms with van der Waals surface area (Å²) in [6, 6.07) is 5.39. The van der Waals surface area contributed by atoms with Crippen LogP contribution in [0.15, 0.2) is 23.0 Å². The third-order valence-electron chi connectivity index (χ3n) is 2.89. The number of nitrogens with zero attached hydrogens (tertiary/aromatic N) is 2. The molecule has 1 aromatic heterocycles. The van der Waals surface area contributed by atoms with Crippen LogP contribution in [-0.2, 0) is 5.88 Å². The van der Waals surface area contributed by atoms with Gasteiger partial charge < -0.3 is 4.74 Å². The highest BCUT2D eigenvalue weighted by Crippen LogP contribution is 2.18. The predicted octanol–water partition coefficient (Wildman–Crippen LogP) is 2.81. The molecule has 0 fully saturated rings. The zero-order valence-electron chi connectivity index (χ0n) is 11.6. The van der Waals surface area contributed by atoms with E-state index in [0.29, 0.717) is 27.8 Å². The average molecular weight is 278 g/mol. The van der Waals surface area contributed by atoms with Crippen LogP contribution in [-0.4, -0.2) is 21.9 Å². The lowest BCUT2D eigenvalue weighted by Gasteiger charge is -2.12. The predicted molar refractivity (Wildman–Crippen MR) is 80.0 cm³/mol. The van der Waals surface area contributed by atoms with Gasteiger partial charge in [-0.05, 0) is 25.1 Å². The highest BCUT2D eigenvalue weighted by atomic mass is 32.2. The Morgan fingerprint density at radius 2 is 2.16 bits per heavy atom. The maximum atomic E-state index is 12.5. The van der Waals surface area contributed by atoms with Gasteiger partial charge in [0.25, 0.3) is 5.56 Å². The topological polar surface area (TPSA) is 44.1 Å². The van der Waals surface area contributed by atoms with Crippen LogP contribution in [0.2, 0.25) is 0 Å². The second kappa shape index (κ2) is 5.65. The first kappa shape index (κ1) is 13.9. The van der Waals surface area contributed by atoms with Crippen LogP contribution < -0.4 is 10.3 Å². The van der Waals surface area contributed by atoms with E-state index in [9.17, 15) is 4.79 Å². The molecule has 1 aromatic carbocycles. The van der Waals surface area contributed by atoms with Gasteiger partial charge in [-0.15, -0.1) is 11.8 Å². The molecule has 1 heterocycles. The van der Waals surface area contributed by atoms with Crippen molar-refractivity contribution in [3.05, 3.63) is 34.4 Å². The molecule has 0 unspecified atom stereocenters. The second-order valence-electron chi connectivity index (χ2n) is 4.62. The minimum absolute atomic E-state index is 0.00505. The number of hydrogen-bond acceptors (Lipinski definition) is 4. The van der Waals surface area contributed by atoms with Gasteiger partial charge in [0.15, 0.2) is 0 Å². The summed E-state index contributed by atoms with van der Waals surface area (Å²) in [5, 5.41) is 1.08. The molecule has 0 aliphatic rings. The molecule has 102 valence electrons. The smallest absolute Gasteiger partial charge is 0.262 e. The van der Waals surface area contributed by atoms with Gasteiger partial charge in [-0.1, -0.05) is 13.8 Å². The highest BCUT2D eigenvalue weighted by molar-refractivity contribution is 7.98. The molecule has 0 atom stereocenters. The van der Waals surface area contributed by atoms with E-state index in [1.807, 2.05) is 19.1 Å². The van der Waals surface area contributed by atoms with E-state index in [0.717, 1.165) is 5.82 Å². The van der Waals surface area contributed by atoms with E-state index in [4.69, 9.17) is 4.74 Å². The van der Waals surface area contributed by atoms with Gasteiger partial charge in [-0.25, -0.2) is 4.98 Å². The molecule has 0 aliphatic carbocycles. The molecule has 0 saturated heterocycles. The molecule has 0 bridgehead atoms. The van der Waals surface area contributed by atoms with Crippen molar-refractivity contribution in [2.75, 3.05) is 7.11 Å². The summed E-state index contributed by atoms with van der Waals surface area (Å²) in [4.78, 5) is 17.0. The van der Waals surface area contributed by atoms with Gasteiger partial charge in [0, 0.05) is 5.25 Å². The standard InChI is InChI=1S/C14H18N2O2S/c1-9(2)19-8-16-10(3)15-13-6-5-11(18-4)7-12(13)14(16)17/h5-7,9H,8H2,1-4H3. The van der Waals surface area contributed by atoms with Gasteiger partial charge >= 0.3 is 0 Å². The molecule has 19 heavy (non-hydrogen) atoms. The number of fused-ring (bicyclic) bond motifs is 1. The average Bonchev–Trinajstić information content (AvgIpc) is 2.38. The van der Waals surface area contributed by atoms with Crippen LogP contribution in [0.25, 0.3) is 10.9 Å². The Balaban J connectivity index is 2.55. The lowest BCUT2D eigenvalue weighted by Crippen LogP contribution is -2.23. The van der Waals surface area contributed by atoms with Crippen molar-refractivity contribution in [3.8, 4) is 5.75 Å². The fourth-order valence-corrected chi connectivity index (χ4v) is 2.56. The third-order valence-corrected chi connectivity index (χ3v) is 3.96. The van der Waals surface area contributed by atoms with Gasteiger partial charge in [-0.2, -0.15) is 0 Å². The summed E-state index contributed by atoms with van der Waals surface area (Å²) < 4.78 is 6.88. The summed E-state index contributed by atoms with van der Waals surface area (Å²) >= 11 is 1.72. The highest BCUT2D eigenvalue weighted by Gasteiger charge is 2.09. The summed E-state index contributed by atoms with van der Waals surface area (Å²) in [6.45, 7) is 6.09. The quantitative estimate of drug-likeness (QED) is 0.862. The number of benzene rings is 1. The number of rotatable bonds is 4. The Hall–Kier alpha value is -1.49. The monoisotopic (exact) mass is 278 g/mol. The van der Waals surface area contributed by atoms with Gasteiger partial charge in [-0.3, -0.25) is 9.36 Å². The molecule has 0 radical (unpaired) electrons. The molecule has 2 aromatic rings. The Kier molecular flexibility index (Phi) is 4.14. The maximum Gasteiger partial charge on any atom is 0.262 e. The molecule has 0 spiro atoms. The normalized spacial score (nSPS) is 11.2. The third kappa shape index (κ3) is 2.92. The molecule has 5 heteroatoms. The van der Waals surface area contributed by atoms with E-state index in [1.54, 1.807) is 29.5 Å². The minimum atomic E-state index is -0.00505.